The summed E-state index contributed by atoms with van der Waals surface area (Å²) in [6, 6.07) is 25.5. The van der Waals surface area contributed by atoms with Crippen molar-refractivity contribution in [3.05, 3.63) is 108 Å². The van der Waals surface area contributed by atoms with Crippen molar-refractivity contribution in [1.82, 2.24) is 15.5 Å². The molecule has 9 nitrogen and oxygen atoms in total. The van der Waals surface area contributed by atoms with Crippen molar-refractivity contribution in [3.8, 4) is 0 Å². The highest BCUT2D eigenvalue weighted by Gasteiger charge is 2.39. The van der Waals surface area contributed by atoms with Gasteiger partial charge in [0.05, 0.1) is 6.04 Å². The van der Waals surface area contributed by atoms with E-state index < -0.39 is 35.8 Å². The number of hydrogen-bond donors (Lipinski definition) is 3. The molecule has 41 heavy (non-hydrogen) atoms. The average molecular weight is 562 g/mol. The van der Waals surface area contributed by atoms with Crippen molar-refractivity contribution in [2.24, 2.45) is 0 Å². The summed E-state index contributed by atoms with van der Waals surface area (Å²) in [7, 11) is 0. The van der Waals surface area contributed by atoms with Crippen LogP contribution in [0.5, 0.6) is 0 Å². The number of alkyl carbamates (subject to hydrolysis) is 1. The summed E-state index contributed by atoms with van der Waals surface area (Å²) in [4.78, 5) is 41.7. The number of amides is 3. The second-order valence-electron chi connectivity index (χ2n) is 10.6. The predicted molar refractivity (Wildman–Crippen MR) is 156 cm³/mol. The van der Waals surface area contributed by atoms with Crippen LogP contribution in [0.1, 0.15) is 43.9 Å². The van der Waals surface area contributed by atoms with Gasteiger partial charge in [-0.05, 0) is 43.9 Å². The Balaban J connectivity index is 1.96. The molecular weight excluding hydrogens is 522 g/mol. The molecule has 0 fully saturated rings. The zero-order chi connectivity index (χ0) is 29.7. The first-order valence-corrected chi connectivity index (χ1v) is 13.6. The minimum absolute atomic E-state index is 0.00647. The van der Waals surface area contributed by atoms with Crippen LogP contribution in [-0.4, -0.2) is 52.4 Å². The molecule has 0 bridgehead atoms. The summed E-state index contributed by atoms with van der Waals surface area (Å²) in [5.41, 5.74) is 1.60. The van der Waals surface area contributed by atoms with Gasteiger partial charge in [-0.25, -0.2) is 9.59 Å². The van der Waals surface area contributed by atoms with E-state index in [4.69, 9.17) is 9.47 Å². The Morgan fingerprint density at radius 3 is 1.90 bits per heavy atom. The van der Waals surface area contributed by atoms with Crippen molar-refractivity contribution in [2.45, 2.75) is 64.6 Å². The molecular formula is C32H39N3O6. The van der Waals surface area contributed by atoms with Crippen LogP contribution in [0.2, 0.25) is 0 Å². The number of nitrogens with zero attached hydrogens (tertiary/aromatic N) is 1. The largest absolute Gasteiger partial charge is 0.445 e. The molecule has 0 aliphatic heterocycles. The molecule has 9 heteroatoms. The smallest absolute Gasteiger partial charge is 0.411 e. The van der Waals surface area contributed by atoms with Crippen LogP contribution in [0, 0.1) is 0 Å². The van der Waals surface area contributed by atoms with Crippen molar-refractivity contribution in [2.75, 3.05) is 6.61 Å². The number of rotatable bonds is 12. The van der Waals surface area contributed by atoms with E-state index in [-0.39, 0.29) is 32.7 Å². The van der Waals surface area contributed by atoms with Crippen LogP contribution in [0.15, 0.2) is 91.0 Å². The number of carbonyl (C=O) groups is 3. The van der Waals surface area contributed by atoms with Gasteiger partial charge in [-0.3, -0.25) is 9.69 Å². The lowest BCUT2D eigenvalue weighted by molar-refractivity contribution is -0.127. The summed E-state index contributed by atoms with van der Waals surface area (Å²) in [6.07, 6.45) is -1.53. The van der Waals surface area contributed by atoms with E-state index in [1.807, 2.05) is 91.0 Å². The van der Waals surface area contributed by atoms with Gasteiger partial charge in [-0.2, -0.15) is 0 Å². The standard InChI is InChI=1S/C32H39N3O6/c1-32(2,3)41-30(38)34-27(19-20-36)28(29(37)33-21-24-13-7-4-8-14-24)35(22-25-15-9-5-10-16-25)31(39)40-23-26-17-11-6-12-18-26/h4-18,27-28,36H,19-23H2,1-3H3,(H,33,37)(H,34,38)/t27-,28-/m0/s1. The fourth-order valence-corrected chi connectivity index (χ4v) is 4.20. The molecule has 0 unspecified atom stereocenters. The van der Waals surface area contributed by atoms with Gasteiger partial charge < -0.3 is 25.2 Å². The van der Waals surface area contributed by atoms with Crippen LogP contribution in [0.25, 0.3) is 0 Å². The fourth-order valence-electron chi connectivity index (χ4n) is 4.20. The molecule has 2 atom stereocenters. The molecule has 3 amide bonds. The Labute approximate surface area is 241 Å². The van der Waals surface area contributed by atoms with Crippen LogP contribution in [0.3, 0.4) is 0 Å². The average Bonchev–Trinajstić information content (AvgIpc) is 2.95. The van der Waals surface area contributed by atoms with E-state index in [1.54, 1.807) is 20.8 Å². The normalized spacial score (nSPS) is 12.5. The lowest BCUT2D eigenvalue weighted by atomic mass is 10.0. The van der Waals surface area contributed by atoms with E-state index in [9.17, 15) is 19.5 Å². The zero-order valence-electron chi connectivity index (χ0n) is 23.8. The number of nitrogens with one attached hydrogen (secondary N) is 2. The monoisotopic (exact) mass is 561 g/mol. The van der Waals surface area contributed by atoms with Gasteiger partial charge >= 0.3 is 12.2 Å². The molecule has 3 N–H and O–H groups in total. The maximum atomic E-state index is 13.9. The Bertz CT molecular complexity index is 1230. The molecule has 0 heterocycles. The first-order chi connectivity index (χ1) is 19.7. The number of aliphatic hydroxyl groups excluding tert-OH is 1. The highest BCUT2D eigenvalue weighted by atomic mass is 16.6. The molecule has 0 aliphatic carbocycles. The predicted octanol–water partition coefficient (Wildman–Crippen LogP) is 4.79. The molecule has 0 aliphatic rings. The molecule has 3 aromatic carbocycles. The molecule has 0 spiro atoms. The lowest BCUT2D eigenvalue weighted by Gasteiger charge is -2.36. The second-order valence-corrected chi connectivity index (χ2v) is 10.6. The van der Waals surface area contributed by atoms with Crippen molar-refractivity contribution in [1.29, 1.82) is 0 Å². The van der Waals surface area contributed by atoms with E-state index in [0.29, 0.717) is 0 Å². The Morgan fingerprint density at radius 1 is 0.829 bits per heavy atom. The topological polar surface area (TPSA) is 117 Å². The molecule has 3 rings (SSSR count). The molecule has 218 valence electrons. The number of benzene rings is 3. The fraction of sp³-hybridized carbons (Fsp3) is 0.344. The number of ether oxygens (including phenoxy) is 2. The molecule has 0 saturated heterocycles. The SMILES string of the molecule is CC(C)(C)OC(=O)N[C@@H](CCO)[C@@H](C(=O)NCc1ccccc1)N(Cc1ccccc1)C(=O)OCc1ccccc1. The van der Waals surface area contributed by atoms with Gasteiger partial charge in [-0.1, -0.05) is 91.0 Å². The van der Waals surface area contributed by atoms with Crippen LogP contribution >= 0.6 is 0 Å². The summed E-state index contributed by atoms with van der Waals surface area (Å²) in [5.74, 6) is -0.518. The molecule has 0 saturated carbocycles. The number of hydrogen-bond acceptors (Lipinski definition) is 6. The van der Waals surface area contributed by atoms with E-state index in [2.05, 4.69) is 10.6 Å². The third kappa shape index (κ3) is 10.6. The molecule has 3 aromatic rings. The van der Waals surface area contributed by atoms with E-state index in [0.717, 1.165) is 16.7 Å². The van der Waals surface area contributed by atoms with Gasteiger partial charge in [0.2, 0.25) is 5.91 Å². The minimum Gasteiger partial charge on any atom is -0.445 e. The highest BCUT2D eigenvalue weighted by molar-refractivity contribution is 5.87. The second kappa shape index (κ2) is 15.4. The van der Waals surface area contributed by atoms with Gasteiger partial charge in [0.1, 0.15) is 18.2 Å². The zero-order valence-corrected chi connectivity index (χ0v) is 23.8. The maximum Gasteiger partial charge on any atom is 0.411 e. The third-order valence-corrected chi connectivity index (χ3v) is 6.07. The van der Waals surface area contributed by atoms with Gasteiger partial charge in [0.25, 0.3) is 0 Å². The highest BCUT2D eigenvalue weighted by Crippen LogP contribution is 2.18. The van der Waals surface area contributed by atoms with Crippen molar-refractivity contribution >= 4 is 18.1 Å². The van der Waals surface area contributed by atoms with Gasteiger partial charge in [0, 0.05) is 19.7 Å². The minimum atomic E-state index is -1.23. The van der Waals surface area contributed by atoms with Crippen LogP contribution < -0.4 is 10.6 Å². The number of carbonyl (C=O) groups excluding carboxylic acids is 3. The Morgan fingerprint density at radius 2 is 1.37 bits per heavy atom. The quantitative estimate of drug-likeness (QED) is 0.293. The van der Waals surface area contributed by atoms with Crippen molar-refractivity contribution < 1.29 is 29.0 Å². The first-order valence-electron chi connectivity index (χ1n) is 13.6. The molecule has 0 radical (unpaired) electrons. The summed E-state index contributed by atoms with van der Waals surface area (Å²) in [5, 5.41) is 15.5. The summed E-state index contributed by atoms with van der Waals surface area (Å²) < 4.78 is 11.1. The Kier molecular flexibility index (Phi) is 11.7. The van der Waals surface area contributed by atoms with E-state index in [1.165, 1.54) is 4.90 Å². The van der Waals surface area contributed by atoms with Gasteiger partial charge in [0.15, 0.2) is 0 Å². The van der Waals surface area contributed by atoms with Gasteiger partial charge in [-0.15, -0.1) is 0 Å². The van der Waals surface area contributed by atoms with Crippen molar-refractivity contribution in [3.63, 3.8) is 0 Å². The van der Waals surface area contributed by atoms with Crippen LogP contribution in [-0.2, 0) is 34.0 Å². The lowest BCUT2D eigenvalue weighted by Crippen LogP contribution is -2.60. The number of aliphatic hydroxyl groups is 1. The summed E-state index contributed by atoms with van der Waals surface area (Å²) in [6.45, 7) is 5.04. The third-order valence-electron chi connectivity index (χ3n) is 6.07. The Hall–Kier alpha value is -4.37. The summed E-state index contributed by atoms with van der Waals surface area (Å²) >= 11 is 0. The van der Waals surface area contributed by atoms with E-state index >= 15 is 0 Å². The van der Waals surface area contributed by atoms with Crippen LogP contribution in [0.4, 0.5) is 9.59 Å². The maximum absolute atomic E-state index is 13.9. The molecule has 0 aromatic heterocycles. The first kappa shape index (κ1) is 31.2.